The molecule has 2 aliphatic carbocycles. The van der Waals surface area contributed by atoms with E-state index in [9.17, 15) is 9.59 Å². The van der Waals surface area contributed by atoms with Crippen LogP contribution in [0.4, 0.5) is 10.5 Å². The lowest BCUT2D eigenvalue weighted by Gasteiger charge is -2.36. The van der Waals surface area contributed by atoms with Gasteiger partial charge in [0.25, 0.3) is 0 Å². The van der Waals surface area contributed by atoms with Crippen LogP contribution in [0.5, 0.6) is 0 Å². The minimum Gasteiger partial charge on any atom is -0.350 e. The third-order valence-corrected chi connectivity index (χ3v) is 5.84. The van der Waals surface area contributed by atoms with Crippen LogP contribution in [-0.4, -0.2) is 24.5 Å². The van der Waals surface area contributed by atoms with Gasteiger partial charge in [-0.05, 0) is 62.3 Å². The second kappa shape index (κ2) is 10.1. The summed E-state index contributed by atoms with van der Waals surface area (Å²) in [6.45, 7) is 2.56. The van der Waals surface area contributed by atoms with Crippen molar-refractivity contribution in [3.63, 3.8) is 0 Å². The maximum Gasteiger partial charge on any atom is 0.319 e. The molecule has 0 aliphatic heterocycles. The molecule has 28 heavy (non-hydrogen) atoms. The first kappa shape index (κ1) is 22.5. The first-order chi connectivity index (χ1) is 13.0. The van der Waals surface area contributed by atoms with E-state index in [2.05, 4.69) is 16.0 Å². The van der Waals surface area contributed by atoms with Gasteiger partial charge in [-0.2, -0.15) is 0 Å². The molecule has 1 unspecified atom stereocenters. The Balaban J connectivity index is 0.00000280. The van der Waals surface area contributed by atoms with Crippen molar-refractivity contribution in [2.24, 2.45) is 11.1 Å². The van der Waals surface area contributed by atoms with Crippen LogP contribution in [0.25, 0.3) is 0 Å². The summed E-state index contributed by atoms with van der Waals surface area (Å²) < 4.78 is 0. The monoisotopic (exact) mass is 408 g/mol. The lowest BCUT2D eigenvalue weighted by Crippen LogP contribution is -2.39. The number of halogens is 1. The topological polar surface area (TPSA) is 96.2 Å². The Morgan fingerprint density at radius 1 is 1.14 bits per heavy atom. The fraction of sp³-hybridized carbons (Fsp3) is 0.619. The zero-order valence-electron chi connectivity index (χ0n) is 16.6. The number of nitrogens with one attached hydrogen (secondary N) is 3. The fourth-order valence-corrected chi connectivity index (χ4v) is 3.91. The van der Waals surface area contributed by atoms with Gasteiger partial charge in [0.05, 0.1) is 6.04 Å². The summed E-state index contributed by atoms with van der Waals surface area (Å²) in [5, 5.41) is 8.83. The van der Waals surface area contributed by atoms with Crippen molar-refractivity contribution in [2.75, 3.05) is 11.9 Å². The predicted molar refractivity (Wildman–Crippen MR) is 115 cm³/mol. The number of hydrogen-bond acceptors (Lipinski definition) is 3. The van der Waals surface area contributed by atoms with Crippen molar-refractivity contribution in [1.82, 2.24) is 10.6 Å². The van der Waals surface area contributed by atoms with Crippen molar-refractivity contribution < 1.29 is 9.59 Å². The third-order valence-electron chi connectivity index (χ3n) is 5.84. The van der Waals surface area contributed by atoms with Crippen LogP contribution in [0.15, 0.2) is 24.3 Å². The lowest BCUT2D eigenvalue weighted by atomic mass is 9.71. The highest BCUT2D eigenvalue weighted by molar-refractivity contribution is 5.89. The summed E-state index contributed by atoms with van der Waals surface area (Å²) in [6, 6.07) is 7.71. The highest BCUT2D eigenvalue weighted by Gasteiger charge is 2.33. The maximum atomic E-state index is 12.5. The number of benzene rings is 1. The average molecular weight is 409 g/mol. The van der Waals surface area contributed by atoms with Crippen LogP contribution in [0.2, 0.25) is 0 Å². The number of urea groups is 1. The quantitative estimate of drug-likeness (QED) is 0.551. The molecule has 5 N–H and O–H groups in total. The summed E-state index contributed by atoms with van der Waals surface area (Å²) in [7, 11) is 0. The van der Waals surface area contributed by atoms with Gasteiger partial charge in [0.1, 0.15) is 0 Å². The van der Waals surface area contributed by atoms with Crippen molar-refractivity contribution >= 4 is 30.0 Å². The molecule has 3 amide bonds. The van der Waals surface area contributed by atoms with Crippen LogP contribution in [0, 0.1) is 5.41 Å². The number of hydrogen-bond donors (Lipinski definition) is 4. The molecule has 2 aliphatic rings. The largest absolute Gasteiger partial charge is 0.350 e. The predicted octanol–water partition coefficient (Wildman–Crippen LogP) is 3.87. The highest BCUT2D eigenvalue weighted by Crippen LogP contribution is 2.38. The van der Waals surface area contributed by atoms with Gasteiger partial charge in [0.15, 0.2) is 0 Å². The average Bonchev–Trinajstić information content (AvgIpc) is 3.46. The van der Waals surface area contributed by atoms with E-state index in [1.54, 1.807) is 0 Å². The number of nitrogens with two attached hydrogens (primary N) is 1. The Labute approximate surface area is 173 Å². The number of rotatable bonds is 7. The zero-order valence-corrected chi connectivity index (χ0v) is 17.4. The minimum atomic E-state index is -0.161. The van der Waals surface area contributed by atoms with E-state index in [-0.39, 0.29) is 35.8 Å². The summed E-state index contributed by atoms with van der Waals surface area (Å²) in [4.78, 5) is 24.3. The van der Waals surface area contributed by atoms with Crippen molar-refractivity contribution in [3.05, 3.63) is 29.8 Å². The molecule has 0 spiro atoms. The molecule has 1 atom stereocenters. The molecule has 1 aromatic carbocycles. The Bertz CT molecular complexity index is 655. The molecule has 0 aromatic heterocycles. The van der Waals surface area contributed by atoms with Crippen molar-refractivity contribution in [3.8, 4) is 0 Å². The zero-order chi connectivity index (χ0) is 19.3. The van der Waals surface area contributed by atoms with Crippen LogP contribution >= 0.6 is 12.4 Å². The van der Waals surface area contributed by atoms with E-state index in [0.717, 1.165) is 36.9 Å². The van der Waals surface area contributed by atoms with Gasteiger partial charge in [-0.25, -0.2) is 4.79 Å². The van der Waals surface area contributed by atoms with E-state index in [0.29, 0.717) is 19.0 Å². The molecule has 156 valence electrons. The SMILES string of the molecule is CC(NC(=O)CC1(CN)CCCCC1)c1ccc(NC(=O)NC2CC2)cc1.Cl. The van der Waals surface area contributed by atoms with Crippen LogP contribution < -0.4 is 21.7 Å². The van der Waals surface area contributed by atoms with E-state index in [1.807, 2.05) is 31.2 Å². The number of anilines is 1. The Morgan fingerprint density at radius 3 is 2.36 bits per heavy atom. The lowest BCUT2D eigenvalue weighted by molar-refractivity contribution is -0.124. The van der Waals surface area contributed by atoms with Gasteiger partial charge < -0.3 is 21.7 Å². The third kappa shape index (κ3) is 6.38. The fourth-order valence-electron chi connectivity index (χ4n) is 3.91. The van der Waals surface area contributed by atoms with E-state index < -0.39 is 0 Å². The molecular formula is C21H33ClN4O2. The molecular weight excluding hydrogens is 376 g/mol. The Hall–Kier alpha value is -1.79. The first-order valence-corrected chi connectivity index (χ1v) is 10.2. The number of carbonyl (C=O) groups excluding carboxylic acids is 2. The Morgan fingerprint density at radius 2 is 1.79 bits per heavy atom. The van der Waals surface area contributed by atoms with Crippen LogP contribution in [-0.2, 0) is 4.79 Å². The van der Waals surface area contributed by atoms with E-state index >= 15 is 0 Å². The minimum absolute atomic E-state index is 0. The molecule has 0 heterocycles. The summed E-state index contributed by atoms with van der Waals surface area (Å²) in [5.41, 5.74) is 7.74. The van der Waals surface area contributed by atoms with Gasteiger partial charge in [-0.15, -0.1) is 12.4 Å². The summed E-state index contributed by atoms with van der Waals surface area (Å²) in [5.74, 6) is 0.0702. The van der Waals surface area contributed by atoms with Crippen LogP contribution in [0.3, 0.4) is 0 Å². The van der Waals surface area contributed by atoms with Gasteiger partial charge in [-0.3, -0.25) is 4.79 Å². The second-order valence-electron chi connectivity index (χ2n) is 8.23. The van der Waals surface area contributed by atoms with Gasteiger partial charge in [-0.1, -0.05) is 31.4 Å². The molecule has 3 rings (SSSR count). The molecule has 6 nitrogen and oxygen atoms in total. The number of carbonyl (C=O) groups is 2. The first-order valence-electron chi connectivity index (χ1n) is 10.2. The van der Waals surface area contributed by atoms with E-state index in [1.165, 1.54) is 19.3 Å². The normalized spacial score (nSPS) is 19.1. The van der Waals surface area contributed by atoms with Crippen LogP contribution in [0.1, 0.15) is 69.9 Å². The Kier molecular flexibility index (Phi) is 8.13. The molecule has 0 saturated heterocycles. The van der Waals surface area contributed by atoms with Gasteiger partial charge in [0, 0.05) is 18.2 Å². The summed E-state index contributed by atoms with van der Waals surface area (Å²) in [6.07, 6.45) is 8.33. The maximum absolute atomic E-state index is 12.5. The molecule has 0 bridgehead atoms. The number of amides is 3. The molecule has 7 heteroatoms. The van der Waals surface area contributed by atoms with E-state index in [4.69, 9.17) is 5.73 Å². The second-order valence-corrected chi connectivity index (χ2v) is 8.23. The molecule has 1 aromatic rings. The van der Waals surface area contributed by atoms with Gasteiger partial charge in [0.2, 0.25) is 5.91 Å². The smallest absolute Gasteiger partial charge is 0.319 e. The molecule has 2 fully saturated rings. The summed E-state index contributed by atoms with van der Waals surface area (Å²) >= 11 is 0. The highest BCUT2D eigenvalue weighted by atomic mass is 35.5. The van der Waals surface area contributed by atoms with Crippen molar-refractivity contribution in [2.45, 2.75) is 70.4 Å². The molecule has 0 radical (unpaired) electrons. The van der Waals surface area contributed by atoms with Gasteiger partial charge >= 0.3 is 6.03 Å². The molecule has 2 saturated carbocycles. The standard InChI is InChI=1S/C21H32N4O2.ClH/c1-15(23-19(26)13-21(14-22)11-3-2-4-12-21)16-5-7-17(8-6-16)24-20(27)25-18-9-10-18;/h5-8,15,18H,2-4,9-14,22H2,1H3,(H,23,26)(H2,24,25,27);1H. The van der Waals surface area contributed by atoms with Crippen molar-refractivity contribution in [1.29, 1.82) is 0 Å².